The van der Waals surface area contributed by atoms with E-state index < -0.39 is 4.92 Å². The lowest BCUT2D eigenvalue weighted by Gasteiger charge is -1.99. The summed E-state index contributed by atoms with van der Waals surface area (Å²) in [5.74, 6) is -0.349. The van der Waals surface area contributed by atoms with Crippen LogP contribution >= 0.6 is 22.9 Å². The molecule has 1 aromatic heterocycles. The maximum absolute atomic E-state index is 11.6. The summed E-state index contributed by atoms with van der Waals surface area (Å²) in [5, 5.41) is 16.5. The number of carbonyl (C=O) groups is 1. The largest absolute Gasteiger partial charge is 0.281 e. The van der Waals surface area contributed by atoms with Gasteiger partial charge >= 0.3 is 0 Å². The van der Waals surface area contributed by atoms with Gasteiger partial charge in [0.1, 0.15) is 0 Å². The monoisotopic (exact) mass is 309 g/mol. The summed E-state index contributed by atoms with van der Waals surface area (Å²) in [5.41, 5.74) is 2.58. The normalized spacial score (nSPS) is 10.7. The van der Waals surface area contributed by atoms with Gasteiger partial charge in [0.15, 0.2) is 0 Å². The van der Waals surface area contributed by atoms with Crippen LogP contribution in [0.4, 0.5) is 5.69 Å². The van der Waals surface area contributed by atoms with Crippen LogP contribution in [0.25, 0.3) is 0 Å². The van der Waals surface area contributed by atoms with Crippen LogP contribution < -0.4 is 5.43 Å². The Kier molecular flexibility index (Phi) is 4.44. The van der Waals surface area contributed by atoms with Gasteiger partial charge in [-0.15, -0.1) is 11.3 Å². The van der Waals surface area contributed by atoms with E-state index in [9.17, 15) is 14.9 Å². The minimum Gasteiger partial charge on any atom is -0.266 e. The van der Waals surface area contributed by atoms with E-state index in [0.29, 0.717) is 15.5 Å². The van der Waals surface area contributed by atoms with E-state index in [1.54, 1.807) is 17.5 Å². The van der Waals surface area contributed by atoms with Crippen LogP contribution in [0, 0.1) is 10.1 Å². The fourth-order valence-electron chi connectivity index (χ4n) is 1.37. The van der Waals surface area contributed by atoms with Crippen molar-refractivity contribution < 1.29 is 9.72 Å². The third-order valence-corrected chi connectivity index (χ3v) is 3.52. The van der Waals surface area contributed by atoms with Crippen molar-refractivity contribution in [1.29, 1.82) is 0 Å². The van der Waals surface area contributed by atoms with Gasteiger partial charge in [-0.1, -0.05) is 17.7 Å². The first kappa shape index (κ1) is 14.2. The van der Waals surface area contributed by atoms with Crippen LogP contribution in [0.1, 0.15) is 15.2 Å². The molecule has 102 valence electrons. The number of hydrazone groups is 1. The highest BCUT2D eigenvalue weighted by molar-refractivity contribution is 7.12. The Morgan fingerprint density at radius 1 is 1.45 bits per heavy atom. The number of nitro benzene ring substituents is 1. The van der Waals surface area contributed by atoms with E-state index in [-0.39, 0.29) is 11.6 Å². The van der Waals surface area contributed by atoms with Crippen LogP contribution in [-0.4, -0.2) is 17.0 Å². The molecule has 0 unspecified atom stereocenters. The van der Waals surface area contributed by atoms with Crippen molar-refractivity contribution in [3.05, 3.63) is 61.3 Å². The highest BCUT2D eigenvalue weighted by Crippen LogP contribution is 2.20. The van der Waals surface area contributed by atoms with Crippen LogP contribution in [-0.2, 0) is 0 Å². The van der Waals surface area contributed by atoms with Crippen LogP contribution in [0.2, 0.25) is 5.02 Å². The number of benzene rings is 1. The van der Waals surface area contributed by atoms with E-state index >= 15 is 0 Å². The summed E-state index contributed by atoms with van der Waals surface area (Å²) >= 11 is 7.18. The van der Waals surface area contributed by atoms with Gasteiger partial charge < -0.3 is 0 Å². The molecule has 6 nitrogen and oxygen atoms in total. The number of amides is 1. The number of carbonyl (C=O) groups excluding carboxylic acids is 1. The highest BCUT2D eigenvalue weighted by Gasteiger charge is 2.08. The van der Waals surface area contributed by atoms with E-state index in [1.807, 2.05) is 0 Å². The van der Waals surface area contributed by atoms with Crippen LogP contribution in [0.3, 0.4) is 0 Å². The van der Waals surface area contributed by atoms with Crippen molar-refractivity contribution in [2.45, 2.75) is 0 Å². The first-order valence-electron chi connectivity index (χ1n) is 5.39. The third-order valence-electron chi connectivity index (χ3n) is 2.31. The Balaban J connectivity index is 2.09. The van der Waals surface area contributed by atoms with Gasteiger partial charge in [-0.2, -0.15) is 5.10 Å². The van der Waals surface area contributed by atoms with E-state index in [0.717, 1.165) is 0 Å². The summed E-state index contributed by atoms with van der Waals surface area (Å²) in [6, 6.07) is 7.39. The molecule has 0 aliphatic rings. The lowest BCUT2D eigenvalue weighted by molar-refractivity contribution is -0.384. The lowest BCUT2D eigenvalue weighted by Crippen LogP contribution is -2.16. The van der Waals surface area contributed by atoms with Crippen LogP contribution in [0.5, 0.6) is 0 Å². The molecule has 8 heteroatoms. The number of nitro groups is 1. The van der Waals surface area contributed by atoms with Crippen molar-refractivity contribution in [2.24, 2.45) is 5.10 Å². The molecule has 1 aromatic carbocycles. The molecule has 0 bridgehead atoms. The van der Waals surface area contributed by atoms with Gasteiger partial charge in [0, 0.05) is 22.7 Å². The van der Waals surface area contributed by atoms with Gasteiger partial charge in [0.25, 0.3) is 11.6 Å². The molecule has 0 aliphatic carbocycles. The topological polar surface area (TPSA) is 84.6 Å². The number of nitrogens with zero attached hydrogens (tertiary/aromatic N) is 2. The Morgan fingerprint density at radius 2 is 2.25 bits per heavy atom. The fraction of sp³-hybridized carbons (Fsp3) is 0. The van der Waals surface area contributed by atoms with Gasteiger partial charge in [0.05, 0.1) is 16.0 Å². The zero-order chi connectivity index (χ0) is 14.5. The number of halogens is 1. The average Bonchev–Trinajstić information content (AvgIpc) is 2.94. The first-order valence-corrected chi connectivity index (χ1v) is 6.64. The summed E-state index contributed by atoms with van der Waals surface area (Å²) in [6.45, 7) is 0. The molecule has 0 radical (unpaired) electrons. The van der Waals surface area contributed by atoms with Gasteiger partial charge in [-0.05, 0) is 17.5 Å². The standard InChI is InChI=1S/C12H8ClN3O3S/c13-10-4-3-9(16(18)19)6-8(10)7-14-15-12(17)11-2-1-5-20-11/h1-7H,(H,15,17)/b14-7+. The predicted molar refractivity (Wildman–Crippen MR) is 77.5 cm³/mol. The van der Waals surface area contributed by atoms with Gasteiger partial charge in [-0.3, -0.25) is 14.9 Å². The summed E-state index contributed by atoms with van der Waals surface area (Å²) in [4.78, 5) is 22.2. The summed E-state index contributed by atoms with van der Waals surface area (Å²) < 4.78 is 0. The second-order valence-corrected chi connectivity index (χ2v) is 4.99. The highest BCUT2D eigenvalue weighted by atomic mass is 35.5. The van der Waals surface area contributed by atoms with Gasteiger partial charge in [0.2, 0.25) is 0 Å². The van der Waals surface area contributed by atoms with Crippen molar-refractivity contribution in [2.75, 3.05) is 0 Å². The Bertz CT molecular complexity index is 671. The molecule has 2 aromatic rings. The van der Waals surface area contributed by atoms with Gasteiger partial charge in [-0.25, -0.2) is 5.43 Å². The molecule has 20 heavy (non-hydrogen) atoms. The third kappa shape index (κ3) is 3.40. The maximum Gasteiger partial charge on any atom is 0.281 e. The molecular weight excluding hydrogens is 302 g/mol. The van der Waals surface area contributed by atoms with Crippen molar-refractivity contribution in [3.63, 3.8) is 0 Å². The lowest BCUT2D eigenvalue weighted by atomic mass is 10.2. The second kappa shape index (κ2) is 6.27. The number of non-ortho nitro benzene ring substituents is 1. The second-order valence-electron chi connectivity index (χ2n) is 3.64. The average molecular weight is 310 g/mol. The van der Waals surface area contributed by atoms with Crippen LogP contribution in [0.15, 0.2) is 40.8 Å². The number of hydrogen-bond acceptors (Lipinski definition) is 5. The predicted octanol–water partition coefficient (Wildman–Crippen LogP) is 3.07. The molecule has 0 fully saturated rings. The number of nitrogens with one attached hydrogen (secondary N) is 1. The maximum atomic E-state index is 11.6. The zero-order valence-corrected chi connectivity index (χ0v) is 11.5. The van der Waals surface area contributed by atoms with E-state index in [2.05, 4.69) is 10.5 Å². The smallest absolute Gasteiger partial charge is 0.266 e. The Morgan fingerprint density at radius 3 is 2.90 bits per heavy atom. The molecule has 0 saturated carbocycles. The molecule has 2 rings (SSSR count). The molecule has 0 aliphatic heterocycles. The molecule has 1 heterocycles. The Labute approximate surface area is 122 Å². The first-order chi connectivity index (χ1) is 9.58. The summed E-state index contributed by atoms with van der Waals surface area (Å²) in [7, 11) is 0. The molecule has 0 spiro atoms. The zero-order valence-electron chi connectivity index (χ0n) is 9.95. The molecule has 1 amide bonds. The molecular formula is C12H8ClN3O3S. The molecule has 0 atom stereocenters. The minimum absolute atomic E-state index is 0.0968. The number of hydrogen-bond donors (Lipinski definition) is 1. The van der Waals surface area contributed by atoms with E-state index in [1.165, 1.54) is 35.8 Å². The minimum atomic E-state index is -0.530. The summed E-state index contributed by atoms with van der Waals surface area (Å²) in [6.07, 6.45) is 1.26. The van der Waals surface area contributed by atoms with Crippen molar-refractivity contribution in [1.82, 2.24) is 5.43 Å². The molecule has 1 N–H and O–H groups in total. The van der Waals surface area contributed by atoms with Crippen molar-refractivity contribution in [3.8, 4) is 0 Å². The Hall–Kier alpha value is -2.25. The number of thiophene rings is 1. The number of rotatable bonds is 4. The SMILES string of the molecule is O=C(N/N=C/c1cc([N+](=O)[O-])ccc1Cl)c1cccs1. The van der Waals surface area contributed by atoms with E-state index in [4.69, 9.17) is 11.6 Å². The fourth-order valence-corrected chi connectivity index (χ4v) is 2.15. The van der Waals surface area contributed by atoms with Crippen molar-refractivity contribution >= 4 is 40.7 Å². The molecule has 0 saturated heterocycles. The quantitative estimate of drug-likeness (QED) is 0.535.